The molecule has 3 amide bonds. The zero-order valence-electron chi connectivity index (χ0n) is 14.3. The quantitative estimate of drug-likeness (QED) is 0.776. The highest BCUT2D eigenvalue weighted by Crippen LogP contribution is 2.28. The van der Waals surface area contributed by atoms with Gasteiger partial charge in [-0.3, -0.25) is 9.69 Å². The van der Waals surface area contributed by atoms with Crippen molar-refractivity contribution in [2.24, 2.45) is 0 Å². The Labute approximate surface area is 140 Å². The Bertz CT molecular complexity index is 621. The molecule has 1 heterocycles. The molecule has 0 radical (unpaired) electrons. The first-order valence-electron chi connectivity index (χ1n) is 7.93. The van der Waals surface area contributed by atoms with Crippen LogP contribution >= 0.6 is 0 Å². The van der Waals surface area contributed by atoms with Crippen molar-refractivity contribution in [3.63, 3.8) is 0 Å². The molecule has 1 fully saturated rings. The minimum atomic E-state index is -0.609. The molecule has 132 valence electrons. The number of nitrogens with zero attached hydrogens (tertiary/aromatic N) is 1. The van der Waals surface area contributed by atoms with E-state index in [4.69, 9.17) is 9.47 Å². The van der Waals surface area contributed by atoms with Gasteiger partial charge in [-0.05, 0) is 38.5 Å². The van der Waals surface area contributed by atoms with E-state index in [1.165, 1.54) is 19.2 Å². The van der Waals surface area contributed by atoms with Gasteiger partial charge in [0.1, 0.15) is 6.04 Å². The Morgan fingerprint density at radius 1 is 1.29 bits per heavy atom. The number of carbonyl (C=O) groups excluding carboxylic acids is 2. The van der Waals surface area contributed by atoms with E-state index >= 15 is 0 Å². The molecule has 0 aliphatic carbocycles. The first kappa shape index (κ1) is 18.2. The van der Waals surface area contributed by atoms with Crippen molar-refractivity contribution in [2.75, 3.05) is 13.7 Å². The van der Waals surface area contributed by atoms with Gasteiger partial charge < -0.3 is 14.8 Å². The largest absolute Gasteiger partial charge is 0.494 e. The summed E-state index contributed by atoms with van der Waals surface area (Å²) in [4.78, 5) is 25.8. The Balaban J connectivity index is 2.09. The van der Waals surface area contributed by atoms with Crippen LogP contribution in [0.4, 0.5) is 9.18 Å². The summed E-state index contributed by atoms with van der Waals surface area (Å²) in [5, 5.41) is 2.65. The van der Waals surface area contributed by atoms with Gasteiger partial charge in [0.05, 0.1) is 19.3 Å². The monoisotopic (exact) mass is 338 g/mol. The molecule has 0 saturated carbocycles. The lowest BCUT2D eigenvalue weighted by Crippen LogP contribution is -2.34. The van der Waals surface area contributed by atoms with Crippen LogP contribution in [0.1, 0.15) is 38.8 Å². The third-order valence-electron chi connectivity index (χ3n) is 3.96. The lowest BCUT2D eigenvalue weighted by Gasteiger charge is -2.22. The summed E-state index contributed by atoms with van der Waals surface area (Å²) in [6.07, 6.45) is 0.470. The van der Waals surface area contributed by atoms with Gasteiger partial charge in [-0.15, -0.1) is 0 Å². The van der Waals surface area contributed by atoms with Crippen molar-refractivity contribution in [3.8, 4) is 5.75 Å². The van der Waals surface area contributed by atoms with Gasteiger partial charge in [-0.25, -0.2) is 9.18 Å². The second-order valence-corrected chi connectivity index (χ2v) is 5.99. The lowest BCUT2D eigenvalue weighted by molar-refractivity contribution is -0.129. The van der Waals surface area contributed by atoms with E-state index in [0.717, 1.165) is 4.90 Å². The van der Waals surface area contributed by atoms with E-state index in [0.29, 0.717) is 18.6 Å². The van der Waals surface area contributed by atoms with E-state index in [-0.39, 0.29) is 17.8 Å². The predicted octanol–water partition coefficient (Wildman–Crippen LogP) is 2.63. The van der Waals surface area contributed by atoms with Gasteiger partial charge in [-0.2, -0.15) is 0 Å². The summed E-state index contributed by atoms with van der Waals surface area (Å²) >= 11 is 0. The van der Waals surface area contributed by atoms with E-state index in [1.807, 2.05) is 13.8 Å². The fourth-order valence-electron chi connectivity index (χ4n) is 2.62. The third-order valence-corrected chi connectivity index (χ3v) is 3.96. The van der Waals surface area contributed by atoms with Crippen LogP contribution < -0.4 is 10.1 Å². The standard InChI is InChI=1S/C17H23FN2O4/c1-10(2)24-8-7-14-16(21)20(17(22)19-14)11(3)12-5-6-15(23-4)13(18)9-12/h5-6,9-11,14H,7-8H2,1-4H3,(H,19,22)/t11-,14-/m1/s1. The molecule has 1 aliphatic heterocycles. The predicted molar refractivity (Wildman–Crippen MR) is 86.2 cm³/mol. The summed E-state index contributed by atoms with van der Waals surface area (Å²) in [6.45, 7) is 5.88. The molecule has 0 unspecified atom stereocenters. The van der Waals surface area contributed by atoms with E-state index < -0.39 is 23.9 Å². The summed E-state index contributed by atoms with van der Waals surface area (Å²) in [7, 11) is 1.38. The van der Waals surface area contributed by atoms with Gasteiger partial charge in [0.15, 0.2) is 11.6 Å². The number of hydrogen-bond donors (Lipinski definition) is 1. The number of hydrogen-bond acceptors (Lipinski definition) is 4. The number of methoxy groups -OCH3 is 1. The van der Waals surface area contributed by atoms with Crippen molar-refractivity contribution in [2.45, 2.75) is 45.4 Å². The number of imide groups is 1. The van der Waals surface area contributed by atoms with Crippen LogP contribution in [0.15, 0.2) is 18.2 Å². The second kappa shape index (κ2) is 7.61. The molecule has 0 spiro atoms. The van der Waals surface area contributed by atoms with Crippen molar-refractivity contribution in [3.05, 3.63) is 29.6 Å². The third kappa shape index (κ3) is 3.84. The number of carbonyl (C=O) groups is 2. The number of urea groups is 1. The highest BCUT2D eigenvalue weighted by atomic mass is 19.1. The van der Waals surface area contributed by atoms with E-state index in [9.17, 15) is 14.0 Å². The van der Waals surface area contributed by atoms with Gasteiger partial charge in [0, 0.05) is 13.0 Å². The molecule has 2 atom stereocenters. The highest BCUT2D eigenvalue weighted by Gasteiger charge is 2.40. The topological polar surface area (TPSA) is 67.9 Å². The molecule has 6 nitrogen and oxygen atoms in total. The molecular formula is C17H23FN2O4. The molecule has 0 aromatic heterocycles. The number of halogens is 1. The van der Waals surface area contributed by atoms with Gasteiger partial charge >= 0.3 is 6.03 Å². The average molecular weight is 338 g/mol. The van der Waals surface area contributed by atoms with Crippen LogP contribution in [-0.2, 0) is 9.53 Å². The maximum atomic E-state index is 13.9. The maximum Gasteiger partial charge on any atom is 0.325 e. The maximum absolute atomic E-state index is 13.9. The molecule has 1 aliphatic rings. The van der Waals surface area contributed by atoms with Crippen molar-refractivity contribution in [1.82, 2.24) is 10.2 Å². The lowest BCUT2D eigenvalue weighted by atomic mass is 10.1. The Kier molecular flexibility index (Phi) is 5.77. The van der Waals surface area contributed by atoms with Crippen molar-refractivity contribution < 1.29 is 23.5 Å². The van der Waals surface area contributed by atoms with Gasteiger partial charge in [-0.1, -0.05) is 6.07 Å². The Morgan fingerprint density at radius 3 is 2.58 bits per heavy atom. The van der Waals surface area contributed by atoms with Crippen LogP contribution in [0.5, 0.6) is 5.75 Å². The SMILES string of the molecule is COc1ccc([C@@H](C)N2C(=O)N[C@H](CCOC(C)C)C2=O)cc1F. The second-order valence-electron chi connectivity index (χ2n) is 5.99. The Morgan fingerprint density at radius 2 is 2.00 bits per heavy atom. The number of benzene rings is 1. The zero-order valence-corrected chi connectivity index (χ0v) is 14.3. The molecule has 0 bridgehead atoms. The van der Waals surface area contributed by atoms with Crippen LogP contribution in [0, 0.1) is 5.82 Å². The van der Waals surface area contributed by atoms with Crippen LogP contribution in [-0.4, -0.2) is 42.7 Å². The Hall–Kier alpha value is -2.15. The normalized spacial score (nSPS) is 18.9. The summed E-state index contributed by atoms with van der Waals surface area (Å²) in [5.41, 5.74) is 0.524. The molecule has 24 heavy (non-hydrogen) atoms. The molecule has 7 heteroatoms. The number of rotatable bonds is 7. The summed E-state index contributed by atoms with van der Waals surface area (Å²) < 4.78 is 24.2. The highest BCUT2D eigenvalue weighted by molar-refractivity contribution is 6.04. The van der Waals surface area contributed by atoms with Crippen LogP contribution in [0.3, 0.4) is 0 Å². The van der Waals surface area contributed by atoms with E-state index in [2.05, 4.69) is 5.32 Å². The fraction of sp³-hybridized carbons (Fsp3) is 0.529. The molecule has 1 aromatic carbocycles. The number of ether oxygens (including phenoxy) is 2. The average Bonchev–Trinajstić information content (AvgIpc) is 2.80. The molecule has 2 rings (SSSR count). The summed E-state index contributed by atoms with van der Waals surface area (Å²) in [6, 6.07) is 2.74. The van der Waals surface area contributed by atoms with Gasteiger partial charge in [0.2, 0.25) is 0 Å². The molecular weight excluding hydrogens is 315 g/mol. The number of nitrogens with one attached hydrogen (secondary N) is 1. The molecule has 1 N–H and O–H groups in total. The molecule has 1 saturated heterocycles. The van der Waals surface area contributed by atoms with Crippen LogP contribution in [0.2, 0.25) is 0 Å². The molecule has 1 aromatic rings. The zero-order chi connectivity index (χ0) is 17.9. The van der Waals surface area contributed by atoms with Crippen LogP contribution in [0.25, 0.3) is 0 Å². The minimum absolute atomic E-state index is 0.0644. The van der Waals surface area contributed by atoms with E-state index in [1.54, 1.807) is 13.0 Å². The van der Waals surface area contributed by atoms with Crippen molar-refractivity contribution >= 4 is 11.9 Å². The van der Waals surface area contributed by atoms with Crippen molar-refractivity contribution in [1.29, 1.82) is 0 Å². The first-order valence-corrected chi connectivity index (χ1v) is 7.93. The summed E-state index contributed by atoms with van der Waals surface area (Å²) in [5.74, 6) is -0.737. The van der Waals surface area contributed by atoms with Gasteiger partial charge in [0.25, 0.3) is 5.91 Å². The smallest absolute Gasteiger partial charge is 0.325 e. The number of amides is 3. The minimum Gasteiger partial charge on any atom is -0.494 e. The fourth-order valence-corrected chi connectivity index (χ4v) is 2.62. The first-order chi connectivity index (χ1) is 11.3.